The summed E-state index contributed by atoms with van der Waals surface area (Å²) in [5.74, 6) is -0.696. The summed E-state index contributed by atoms with van der Waals surface area (Å²) in [5, 5.41) is 9.24. The maximum absolute atomic E-state index is 10.5. The quantitative estimate of drug-likeness (QED) is 0.674. The van der Waals surface area contributed by atoms with E-state index in [-0.39, 0.29) is 5.92 Å². The molecule has 0 aromatic carbocycles. The van der Waals surface area contributed by atoms with E-state index in [9.17, 15) is 4.79 Å². The molecule has 14 heavy (non-hydrogen) atoms. The molecule has 4 nitrogen and oxygen atoms in total. The van der Waals surface area contributed by atoms with Crippen LogP contribution in [-0.2, 0) is 4.79 Å². The highest BCUT2D eigenvalue weighted by Crippen LogP contribution is 2.17. The molecular weight excluding hydrogens is 268 g/mol. The maximum atomic E-state index is 10.5. The second-order valence-electron chi connectivity index (χ2n) is 2.73. The van der Waals surface area contributed by atoms with Gasteiger partial charge in [0.15, 0.2) is 5.16 Å². The fourth-order valence-corrected chi connectivity index (χ4v) is 1.65. The van der Waals surface area contributed by atoms with Gasteiger partial charge in [-0.05, 0) is 15.9 Å². The average molecular weight is 277 g/mol. The Kier molecular flexibility index (Phi) is 4.34. The van der Waals surface area contributed by atoms with Gasteiger partial charge in [-0.1, -0.05) is 18.7 Å². The Bertz CT molecular complexity index is 318. The normalized spacial score (nSPS) is 12.4. The molecule has 0 aliphatic heterocycles. The van der Waals surface area contributed by atoms with Gasteiger partial charge >= 0.3 is 5.97 Å². The Morgan fingerprint density at radius 2 is 2.21 bits per heavy atom. The Morgan fingerprint density at radius 3 is 2.71 bits per heavy atom. The lowest BCUT2D eigenvalue weighted by Gasteiger charge is -2.03. The predicted octanol–water partition coefficient (Wildman–Crippen LogP) is 2.05. The van der Waals surface area contributed by atoms with Crippen LogP contribution in [0.5, 0.6) is 0 Å². The van der Waals surface area contributed by atoms with Crippen LogP contribution in [0.1, 0.15) is 6.92 Å². The molecule has 76 valence electrons. The molecular formula is C8H9BrN2O2S. The summed E-state index contributed by atoms with van der Waals surface area (Å²) in [6, 6.07) is 0. The van der Waals surface area contributed by atoms with Crippen molar-refractivity contribution in [3.05, 3.63) is 16.9 Å². The molecule has 0 amide bonds. The van der Waals surface area contributed by atoms with E-state index in [1.165, 1.54) is 11.8 Å². The van der Waals surface area contributed by atoms with Crippen LogP contribution in [0.15, 0.2) is 22.0 Å². The molecule has 1 unspecified atom stereocenters. The van der Waals surface area contributed by atoms with Crippen molar-refractivity contribution in [2.75, 3.05) is 5.75 Å². The van der Waals surface area contributed by atoms with E-state index >= 15 is 0 Å². The zero-order chi connectivity index (χ0) is 10.6. The van der Waals surface area contributed by atoms with Gasteiger partial charge in [-0.25, -0.2) is 9.97 Å². The summed E-state index contributed by atoms with van der Waals surface area (Å²) in [4.78, 5) is 18.6. The summed E-state index contributed by atoms with van der Waals surface area (Å²) in [5.41, 5.74) is 0. The smallest absolute Gasteiger partial charge is 0.307 e. The van der Waals surface area contributed by atoms with Crippen molar-refractivity contribution >= 4 is 33.7 Å². The average Bonchev–Trinajstić information content (AvgIpc) is 2.16. The van der Waals surface area contributed by atoms with Gasteiger partial charge in [0.05, 0.1) is 10.4 Å². The number of thioether (sulfide) groups is 1. The number of hydrogen-bond acceptors (Lipinski definition) is 4. The largest absolute Gasteiger partial charge is 0.481 e. The molecule has 0 saturated carbocycles. The first-order chi connectivity index (χ1) is 6.59. The SMILES string of the molecule is CC(CSc1ncc(Br)cn1)C(=O)O. The first-order valence-corrected chi connectivity index (χ1v) is 5.70. The number of hydrogen-bond donors (Lipinski definition) is 1. The van der Waals surface area contributed by atoms with E-state index in [0.717, 1.165) is 4.47 Å². The van der Waals surface area contributed by atoms with E-state index in [1.54, 1.807) is 19.3 Å². The summed E-state index contributed by atoms with van der Waals surface area (Å²) in [6.07, 6.45) is 3.28. The highest BCUT2D eigenvalue weighted by Gasteiger charge is 2.11. The lowest BCUT2D eigenvalue weighted by molar-refractivity contribution is -0.140. The van der Waals surface area contributed by atoms with E-state index in [0.29, 0.717) is 10.9 Å². The molecule has 1 atom stereocenters. The molecule has 0 aliphatic rings. The van der Waals surface area contributed by atoms with Crippen LogP contribution in [0.2, 0.25) is 0 Å². The predicted molar refractivity (Wildman–Crippen MR) is 57.3 cm³/mol. The lowest BCUT2D eigenvalue weighted by Crippen LogP contribution is -2.11. The van der Waals surface area contributed by atoms with Crippen LogP contribution in [0.3, 0.4) is 0 Å². The van der Waals surface area contributed by atoms with Crippen LogP contribution in [-0.4, -0.2) is 26.8 Å². The number of halogens is 1. The number of carboxylic acid groups (broad SMARTS) is 1. The third-order valence-electron chi connectivity index (χ3n) is 1.48. The molecule has 1 N–H and O–H groups in total. The fourth-order valence-electron chi connectivity index (χ4n) is 0.646. The second-order valence-corrected chi connectivity index (χ2v) is 4.64. The molecule has 0 spiro atoms. The summed E-state index contributed by atoms with van der Waals surface area (Å²) >= 11 is 4.56. The van der Waals surface area contributed by atoms with Crippen molar-refractivity contribution in [3.63, 3.8) is 0 Å². The Labute approximate surface area is 94.3 Å². The van der Waals surface area contributed by atoms with Gasteiger partial charge in [0, 0.05) is 18.1 Å². The van der Waals surface area contributed by atoms with Crippen LogP contribution in [0, 0.1) is 5.92 Å². The van der Waals surface area contributed by atoms with Crippen molar-refractivity contribution in [1.29, 1.82) is 0 Å². The Balaban J connectivity index is 2.46. The molecule has 1 heterocycles. The van der Waals surface area contributed by atoms with E-state index in [4.69, 9.17) is 5.11 Å². The number of aliphatic carboxylic acids is 1. The van der Waals surface area contributed by atoms with Crippen LogP contribution in [0.25, 0.3) is 0 Å². The van der Waals surface area contributed by atoms with E-state index in [2.05, 4.69) is 25.9 Å². The van der Waals surface area contributed by atoms with Crippen LogP contribution < -0.4 is 0 Å². The molecule has 0 saturated heterocycles. The molecule has 0 fully saturated rings. The van der Waals surface area contributed by atoms with Gasteiger partial charge in [0.2, 0.25) is 0 Å². The lowest BCUT2D eigenvalue weighted by atomic mass is 10.2. The van der Waals surface area contributed by atoms with Crippen molar-refractivity contribution in [2.45, 2.75) is 12.1 Å². The third kappa shape index (κ3) is 3.63. The van der Waals surface area contributed by atoms with E-state index in [1.807, 2.05) is 0 Å². The monoisotopic (exact) mass is 276 g/mol. The third-order valence-corrected chi connectivity index (χ3v) is 3.03. The summed E-state index contributed by atoms with van der Waals surface area (Å²) in [7, 11) is 0. The number of nitrogens with zero attached hydrogens (tertiary/aromatic N) is 2. The summed E-state index contributed by atoms with van der Waals surface area (Å²) < 4.78 is 0.813. The standard InChI is InChI=1S/C8H9BrN2O2S/c1-5(7(12)13)4-14-8-10-2-6(9)3-11-8/h2-3,5H,4H2,1H3,(H,12,13). The summed E-state index contributed by atoms with van der Waals surface area (Å²) in [6.45, 7) is 1.66. The van der Waals surface area contributed by atoms with Crippen LogP contribution >= 0.6 is 27.7 Å². The van der Waals surface area contributed by atoms with Gasteiger partial charge in [-0.15, -0.1) is 0 Å². The van der Waals surface area contributed by atoms with Crippen molar-refractivity contribution in [2.24, 2.45) is 5.92 Å². The van der Waals surface area contributed by atoms with Crippen molar-refractivity contribution in [1.82, 2.24) is 9.97 Å². The zero-order valence-corrected chi connectivity index (χ0v) is 9.88. The molecule has 0 bridgehead atoms. The van der Waals surface area contributed by atoms with E-state index < -0.39 is 5.97 Å². The van der Waals surface area contributed by atoms with Crippen LogP contribution in [0.4, 0.5) is 0 Å². The molecule has 1 aromatic heterocycles. The second kappa shape index (κ2) is 5.31. The highest BCUT2D eigenvalue weighted by molar-refractivity contribution is 9.10. The number of rotatable bonds is 4. The maximum Gasteiger partial charge on any atom is 0.307 e. The number of aromatic nitrogens is 2. The minimum atomic E-state index is -0.797. The Hall–Kier alpha value is -0.620. The molecule has 6 heteroatoms. The minimum absolute atomic E-state index is 0.382. The zero-order valence-electron chi connectivity index (χ0n) is 7.48. The molecule has 0 radical (unpaired) electrons. The number of carbonyl (C=O) groups is 1. The number of carboxylic acids is 1. The first kappa shape index (κ1) is 11.5. The van der Waals surface area contributed by atoms with Gasteiger partial charge in [-0.2, -0.15) is 0 Å². The fraction of sp³-hybridized carbons (Fsp3) is 0.375. The highest BCUT2D eigenvalue weighted by atomic mass is 79.9. The van der Waals surface area contributed by atoms with Gasteiger partial charge in [0.25, 0.3) is 0 Å². The van der Waals surface area contributed by atoms with Gasteiger partial charge < -0.3 is 5.11 Å². The first-order valence-electron chi connectivity index (χ1n) is 3.92. The van der Waals surface area contributed by atoms with Gasteiger partial charge in [-0.3, -0.25) is 4.79 Å². The molecule has 1 rings (SSSR count). The van der Waals surface area contributed by atoms with Crippen molar-refractivity contribution < 1.29 is 9.90 Å². The molecule has 1 aromatic rings. The van der Waals surface area contributed by atoms with Gasteiger partial charge in [0.1, 0.15) is 0 Å². The topological polar surface area (TPSA) is 63.1 Å². The Morgan fingerprint density at radius 1 is 1.64 bits per heavy atom. The van der Waals surface area contributed by atoms with Crippen molar-refractivity contribution in [3.8, 4) is 0 Å². The molecule has 0 aliphatic carbocycles. The minimum Gasteiger partial charge on any atom is -0.481 e.